The molecule has 1 amide bonds. The number of nitrogens with one attached hydrogen (secondary N) is 2. The highest BCUT2D eigenvalue weighted by Crippen LogP contribution is 2.16. The van der Waals surface area contributed by atoms with Crippen molar-refractivity contribution in [3.05, 3.63) is 24.3 Å². The van der Waals surface area contributed by atoms with Gasteiger partial charge < -0.3 is 20.3 Å². The molecule has 0 bridgehead atoms. The Bertz CT molecular complexity index is 435. The second kappa shape index (κ2) is 6.80. The molecule has 2 N–H and O–H groups in total. The number of rotatable bonds is 4. The molecule has 6 heteroatoms. The van der Waals surface area contributed by atoms with E-state index in [0.717, 1.165) is 11.4 Å². The SMILES string of the molecule is COc1cccc(NC(=S)NCC(=O)N(C)C)c1. The summed E-state index contributed by atoms with van der Waals surface area (Å²) in [5.41, 5.74) is 0.809. The van der Waals surface area contributed by atoms with E-state index in [9.17, 15) is 4.79 Å². The van der Waals surface area contributed by atoms with Crippen LogP contribution in [0, 0.1) is 0 Å². The van der Waals surface area contributed by atoms with Crippen molar-refractivity contribution in [1.29, 1.82) is 0 Å². The number of hydrogen-bond donors (Lipinski definition) is 2. The summed E-state index contributed by atoms with van der Waals surface area (Å²) in [6.45, 7) is 0.169. The first-order valence-electron chi connectivity index (χ1n) is 5.42. The number of hydrogen-bond acceptors (Lipinski definition) is 3. The number of carbonyl (C=O) groups excluding carboxylic acids is 1. The first-order valence-corrected chi connectivity index (χ1v) is 5.83. The Morgan fingerprint density at radius 2 is 2.17 bits per heavy atom. The van der Waals surface area contributed by atoms with Crippen molar-refractivity contribution in [3.8, 4) is 5.75 Å². The molecular formula is C12H17N3O2S. The van der Waals surface area contributed by atoms with E-state index in [1.54, 1.807) is 21.2 Å². The van der Waals surface area contributed by atoms with Gasteiger partial charge in [-0.25, -0.2) is 0 Å². The van der Waals surface area contributed by atoms with E-state index in [1.165, 1.54) is 4.90 Å². The van der Waals surface area contributed by atoms with Crippen molar-refractivity contribution >= 4 is 28.9 Å². The van der Waals surface area contributed by atoms with Crippen LogP contribution in [-0.4, -0.2) is 43.7 Å². The molecule has 0 aromatic heterocycles. The standard InChI is InChI=1S/C12H17N3O2S/c1-15(2)11(16)8-13-12(18)14-9-5-4-6-10(7-9)17-3/h4-7H,8H2,1-3H3,(H2,13,14,18). The lowest BCUT2D eigenvalue weighted by Gasteiger charge is -2.13. The monoisotopic (exact) mass is 267 g/mol. The molecule has 0 fully saturated rings. The van der Waals surface area contributed by atoms with Crippen LogP contribution in [0.3, 0.4) is 0 Å². The third-order valence-corrected chi connectivity index (χ3v) is 2.47. The van der Waals surface area contributed by atoms with Gasteiger partial charge in [-0.15, -0.1) is 0 Å². The summed E-state index contributed by atoms with van der Waals surface area (Å²) in [6, 6.07) is 7.39. The van der Waals surface area contributed by atoms with E-state index in [-0.39, 0.29) is 12.5 Å². The Balaban J connectivity index is 2.47. The maximum atomic E-state index is 11.4. The zero-order valence-corrected chi connectivity index (χ0v) is 11.5. The number of thiocarbonyl (C=S) groups is 1. The summed E-state index contributed by atoms with van der Waals surface area (Å²) in [5.74, 6) is 0.706. The van der Waals surface area contributed by atoms with Crippen LogP contribution in [0.2, 0.25) is 0 Å². The fraction of sp³-hybridized carbons (Fsp3) is 0.333. The molecule has 0 saturated carbocycles. The van der Waals surface area contributed by atoms with Gasteiger partial charge in [0.05, 0.1) is 13.7 Å². The third-order valence-electron chi connectivity index (χ3n) is 2.23. The maximum absolute atomic E-state index is 11.4. The number of benzene rings is 1. The second-order valence-corrected chi connectivity index (χ2v) is 4.24. The smallest absolute Gasteiger partial charge is 0.241 e. The number of ether oxygens (including phenoxy) is 1. The molecule has 98 valence electrons. The highest BCUT2D eigenvalue weighted by Gasteiger charge is 2.04. The topological polar surface area (TPSA) is 53.6 Å². The van der Waals surface area contributed by atoms with E-state index < -0.39 is 0 Å². The fourth-order valence-corrected chi connectivity index (χ4v) is 1.38. The van der Waals surface area contributed by atoms with Crippen LogP contribution in [0.5, 0.6) is 5.75 Å². The Labute approximate surface area is 112 Å². The summed E-state index contributed by atoms with van der Waals surface area (Å²) in [6.07, 6.45) is 0. The Kier molecular flexibility index (Phi) is 5.38. The first kappa shape index (κ1) is 14.2. The van der Waals surface area contributed by atoms with Crippen molar-refractivity contribution in [1.82, 2.24) is 10.2 Å². The third kappa shape index (κ3) is 4.58. The van der Waals surface area contributed by atoms with E-state index >= 15 is 0 Å². The molecule has 1 rings (SSSR count). The van der Waals surface area contributed by atoms with Gasteiger partial charge in [-0.1, -0.05) is 6.07 Å². The van der Waals surface area contributed by atoms with E-state index in [0.29, 0.717) is 5.11 Å². The fourth-order valence-electron chi connectivity index (χ4n) is 1.19. The van der Waals surface area contributed by atoms with Gasteiger partial charge >= 0.3 is 0 Å². The highest BCUT2D eigenvalue weighted by atomic mass is 32.1. The van der Waals surface area contributed by atoms with Gasteiger partial charge in [0, 0.05) is 25.8 Å². The molecule has 18 heavy (non-hydrogen) atoms. The summed E-state index contributed by atoms with van der Waals surface area (Å²) < 4.78 is 5.10. The van der Waals surface area contributed by atoms with Crippen molar-refractivity contribution in [2.45, 2.75) is 0 Å². The summed E-state index contributed by atoms with van der Waals surface area (Å²) >= 11 is 5.09. The molecule has 0 aliphatic heterocycles. The number of methoxy groups -OCH3 is 1. The maximum Gasteiger partial charge on any atom is 0.241 e. The van der Waals surface area contributed by atoms with Crippen LogP contribution in [-0.2, 0) is 4.79 Å². The van der Waals surface area contributed by atoms with Crippen molar-refractivity contribution < 1.29 is 9.53 Å². The van der Waals surface area contributed by atoms with Crippen molar-refractivity contribution in [2.24, 2.45) is 0 Å². The summed E-state index contributed by atoms with van der Waals surface area (Å²) in [7, 11) is 5.00. The van der Waals surface area contributed by atoms with E-state index in [2.05, 4.69) is 10.6 Å². The molecule has 0 spiro atoms. The summed E-state index contributed by atoms with van der Waals surface area (Å²) in [4.78, 5) is 12.9. The molecule has 0 aliphatic rings. The van der Waals surface area contributed by atoms with Crippen LogP contribution in [0.25, 0.3) is 0 Å². The molecule has 0 aliphatic carbocycles. The molecule has 0 atom stereocenters. The van der Waals surface area contributed by atoms with Gasteiger partial charge in [-0.05, 0) is 24.4 Å². The lowest BCUT2D eigenvalue weighted by Crippen LogP contribution is -2.38. The first-order chi connectivity index (χ1) is 8.52. The van der Waals surface area contributed by atoms with Crippen LogP contribution < -0.4 is 15.4 Å². The Morgan fingerprint density at radius 3 is 2.78 bits per heavy atom. The predicted octanol–water partition coefficient (Wildman–Crippen LogP) is 1.07. The van der Waals surface area contributed by atoms with E-state index in [1.807, 2.05) is 24.3 Å². The molecule has 5 nitrogen and oxygen atoms in total. The number of carbonyl (C=O) groups is 1. The number of likely N-dealkylation sites (N-methyl/N-ethyl adjacent to an activating group) is 1. The van der Waals surface area contributed by atoms with Crippen LogP contribution in [0.15, 0.2) is 24.3 Å². The predicted molar refractivity (Wildman–Crippen MR) is 75.9 cm³/mol. The minimum Gasteiger partial charge on any atom is -0.497 e. The quantitative estimate of drug-likeness (QED) is 0.799. The molecule has 1 aromatic rings. The zero-order chi connectivity index (χ0) is 13.5. The Hall–Kier alpha value is -1.82. The highest BCUT2D eigenvalue weighted by molar-refractivity contribution is 7.80. The second-order valence-electron chi connectivity index (χ2n) is 3.83. The molecule has 0 saturated heterocycles. The van der Waals surface area contributed by atoms with Gasteiger partial charge in [-0.2, -0.15) is 0 Å². The average Bonchev–Trinajstić information content (AvgIpc) is 2.36. The molecular weight excluding hydrogens is 250 g/mol. The van der Waals surface area contributed by atoms with Gasteiger partial charge in [0.25, 0.3) is 0 Å². The van der Waals surface area contributed by atoms with Gasteiger partial charge in [-0.3, -0.25) is 4.79 Å². The lowest BCUT2D eigenvalue weighted by molar-refractivity contribution is -0.127. The van der Waals surface area contributed by atoms with Crippen molar-refractivity contribution in [2.75, 3.05) is 33.1 Å². The Morgan fingerprint density at radius 1 is 1.44 bits per heavy atom. The lowest BCUT2D eigenvalue weighted by atomic mass is 10.3. The van der Waals surface area contributed by atoms with Crippen LogP contribution >= 0.6 is 12.2 Å². The average molecular weight is 267 g/mol. The molecule has 1 aromatic carbocycles. The molecule has 0 heterocycles. The summed E-state index contributed by atoms with van der Waals surface area (Å²) in [5, 5.41) is 6.22. The minimum absolute atomic E-state index is 0.0372. The van der Waals surface area contributed by atoms with Gasteiger partial charge in [0.2, 0.25) is 5.91 Å². The molecule has 0 radical (unpaired) electrons. The number of anilines is 1. The zero-order valence-electron chi connectivity index (χ0n) is 10.7. The van der Waals surface area contributed by atoms with Gasteiger partial charge in [0.1, 0.15) is 5.75 Å². The largest absolute Gasteiger partial charge is 0.497 e. The minimum atomic E-state index is -0.0372. The normalized spacial score (nSPS) is 9.50. The van der Waals surface area contributed by atoms with Crippen molar-refractivity contribution in [3.63, 3.8) is 0 Å². The van der Waals surface area contributed by atoms with E-state index in [4.69, 9.17) is 17.0 Å². The number of amides is 1. The number of nitrogens with zero attached hydrogens (tertiary/aromatic N) is 1. The molecule has 0 unspecified atom stereocenters. The van der Waals surface area contributed by atoms with Crippen LogP contribution in [0.4, 0.5) is 5.69 Å². The van der Waals surface area contributed by atoms with Gasteiger partial charge in [0.15, 0.2) is 5.11 Å². The van der Waals surface area contributed by atoms with Crippen LogP contribution in [0.1, 0.15) is 0 Å².